The molecule has 0 heterocycles. The summed E-state index contributed by atoms with van der Waals surface area (Å²) in [5, 5.41) is 0. The molecule has 2 aromatic rings. The fourth-order valence-electron chi connectivity index (χ4n) is 1.74. The first-order chi connectivity index (χ1) is 9.55. The summed E-state index contributed by atoms with van der Waals surface area (Å²) in [7, 11) is -3.67. The van der Waals surface area contributed by atoms with E-state index in [2.05, 4.69) is 12.0 Å². The van der Waals surface area contributed by atoms with Crippen molar-refractivity contribution < 1.29 is 8.42 Å². The Morgan fingerprint density at radius 3 is 2.10 bits per heavy atom. The minimum absolute atomic E-state index is 0.231. The van der Waals surface area contributed by atoms with Crippen molar-refractivity contribution in [3.63, 3.8) is 0 Å². The number of anilines is 1. The van der Waals surface area contributed by atoms with Crippen LogP contribution in [0.25, 0.3) is 0 Å². The Kier molecular flexibility index (Phi) is 4.11. The Morgan fingerprint density at radius 2 is 1.55 bits per heavy atom. The predicted molar refractivity (Wildman–Crippen MR) is 80.7 cm³/mol. The third-order valence-corrected chi connectivity index (χ3v) is 4.41. The fourth-order valence-corrected chi connectivity index (χ4v) is 3.05. The summed E-state index contributed by atoms with van der Waals surface area (Å²) in [5.74, 6) is 2.65. The molecule has 0 saturated carbocycles. The zero-order valence-electron chi connectivity index (χ0n) is 11.4. The minimum Gasteiger partial charge on any atom is -0.200 e. The molecule has 0 aliphatic rings. The van der Waals surface area contributed by atoms with Gasteiger partial charge in [0.15, 0.2) is 0 Å². The summed E-state index contributed by atoms with van der Waals surface area (Å²) in [6, 6.07) is 18.2. The van der Waals surface area contributed by atoms with Crippen molar-refractivity contribution in [1.29, 1.82) is 0 Å². The van der Waals surface area contributed by atoms with Crippen molar-refractivity contribution in [2.45, 2.75) is 18.7 Å². The van der Waals surface area contributed by atoms with E-state index in [1.807, 2.05) is 13.0 Å². The molecule has 0 N–H and O–H groups in total. The van der Waals surface area contributed by atoms with Gasteiger partial charge in [0.2, 0.25) is 0 Å². The number of nitrogens with zero attached hydrogens (tertiary/aromatic N) is 1. The first-order valence-corrected chi connectivity index (χ1v) is 7.59. The third-order valence-electron chi connectivity index (χ3n) is 2.76. The molecule has 0 unspecified atom stereocenters. The fraction of sp³-hybridized carbons (Fsp3) is 0.125. The van der Waals surface area contributed by atoms with Crippen LogP contribution in [0, 0.1) is 18.9 Å². The highest BCUT2D eigenvalue weighted by molar-refractivity contribution is 7.93. The van der Waals surface area contributed by atoms with E-state index < -0.39 is 10.0 Å². The second-order valence-electron chi connectivity index (χ2n) is 4.28. The van der Waals surface area contributed by atoms with E-state index in [0.717, 1.165) is 9.87 Å². The molecule has 0 atom stereocenters. The van der Waals surface area contributed by atoms with Gasteiger partial charge < -0.3 is 0 Å². The smallest absolute Gasteiger partial charge is 0.200 e. The van der Waals surface area contributed by atoms with Gasteiger partial charge in [0.1, 0.15) is 0 Å². The number of rotatable bonds is 3. The molecular formula is C16H15NO2S. The van der Waals surface area contributed by atoms with Crippen molar-refractivity contribution in [1.82, 2.24) is 0 Å². The molecule has 102 valence electrons. The van der Waals surface area contributed by atoms with Gasteiger partial charge in [-0.25, -0.2) is 8.42 Å². The van der Waals surface area contributed by atoms with E-state index >= 15 is 0 Å². The van der Waals surface area contributed by atoms with Crippen LogP contribution in [0.1, 0.15) is 12.5 Å². The number of hydrogen-bond donors (Lipinski definition) is 0. The highest BCUT2D eigenvalue weighted by atomic mass is 32.2. The molecule has 0 fully saturated rings. The SMILES string of the molecule is CC#CN(c1ccccc1)S(=O)(=O)c1ccc(C)cc1. The molecule has 0 bridgehead atoms. The molecule has 20 heavy (non-hydrogen) atoms. The lowest BCUT2D eigenvalue weighted by Crippen LogP contribution is -2.26. The quantitative estimate of drug-likeness (QED) is 0.641. The maximum absolute atomic E-state index is 12.7. The number of aryl methyl sites for hydroxylation is 1. The average Bonchev–Trinajstić information content (AvgIpc) is 2.46. The van der Waals surface area contributed by atoms with Crippen LogP contribution >= 0.6 is 0 Å². The molecule has 2 aromatic carbocycles. The van der Waals surface area contributed by atoms with E-state index in [1.165, 1.54) is 0 Å². The van der Waals surface area contributed by atoms with Crippen LogP contribution in [0.3, 0.4) is 0 Å². The monoisotopic (exact) mass is 285 g/mol. The summed E-state index contributed by atoms with van der Waals surface area (Å²) in [4.78, 5) is 0.231. The summed E-state index contributed by atoms with van der Waals surface area (Å²) in [6.07, 6.45) is 0. The van der Waals surface area contributed by atoms with Gasteiger partial charge in [-0.1, -0.05) is 41.8 Å². The Bertz CT molecular complexity index is 739. The molecule has 0 saturated heterocycles. The average molecular weight is 285 g/mol. The predicted octanol–water partition coefficient (Wildman–Crippen LogP) is 3.17. The zero-order valence-corrected chi connectivity index (χ0v) is 12.2. The highest BCUT2D eigenvalue weighted by Crippen LogP contribution is 2.22. The molecule has 0 spiro atoms. The van der Waals surface area contributed by atoms with Crippen molar-refractivity contribution in [2.24, 2.45) is 0 Å². The second kappa shape index (κ2) is 5.81. The van der Waals surface area contributed by atoms with Crippen LogP contribution < -0.4 is 4.31 Å². The molecule has 3 nitrogen and oxygen atoms in total. The van der Waals surface area contributed by atoms with Crippen LogP contribution in [-0.4, -0.2) is 8.42 Å². The van der Waals surface area contributed by atoms with Gasteiger partial charge in [-0.2, -0.15) is 4.31 Å². The molecule has 2 rings (SSSR count). The van der Waals surface area contributed by atoms with Gasteiger partial charge in [-0.05, 0) is 38.1 Å². The number of sulfonamides is 1. The lowest BCUT2D eigenvalue weighted by atomic mass is 10.2. The summed E-state index contributed by atoms with van der Waals surface area (Å²) < 4.78 is 26.4. The van der Waals surface area contributed by atoms with Crippen LogP contribution in [-0.2, 0) is 10.0 Å². The van der Waals surface area contributed by atoms with Gasteiger partial charge in [0, 0.05) is 6.04 Å². The lowest BCUT2D eigenvalue weighted by Gasteiger charge is -2.18. The maximum atomic E-state index is 12.7. The van der Waals surface area contributed by atoms with Gasteiger partial charge >= 0.3 is 0 Å². The molecule has 0 aromatic heterocycles. The third kappa shape index (κ3) is 2.84. The van der Waals surface area contributed by atoms with Crippen LogP contribution in [0.5, 0.6) is 0 Å². The second-order valence-corrected chi connectivity index (χ2v) is 6.07. The Morgan fingerprint density at radius 1 is 0.950 bits per heavy atom. The Balaban J connectivity index is 2.53. The first-order valence-electron chi connectivity index (χ1n) is 6.15. The summed E-state index contributed by atoms with van der Waals surface area (Å²) in [5.41, 5.74) is 1.54. The van der Waals surface area contributed by atoms with Crippen LogP contribution in [0.4, 0.5) is 5.69 Å². The molecule has 0 aliphatic carbocycles. The molecule has 0 radical (unpaired) electrons. The maximum Gasteiger partial charge on any atom is 0.275 e. The van der Waals surface area contributed by atoms with E-state index in [4.69, 9.17) is 0 Å². The van der Waals surface area contributed by atoms with Gasteiger partial charge in [0.25, 0.3) is 10.0 Å². The topological polar surface area (TPSA) is 37.4 Å². The van der Waals surface area contributed by atoms with E-state index in [0.29, 0.717) is 5.69 Å². The molecule has 4 heteroatoms. The number of para-hydroxylation sites is 1. The van der Waals surface area contributed by atoms with E-state index in [1.54, 1.807) is 55.5 Å². The molecule has 0 amide bonds. The normalized spacial score (nSPS) is 10.5. The highest BCUT2D eigenvalue weighted by Gasteiger charge is 2.23. The molecular weight excluding hydrogens is 270 g/mol. The number of benzene rings is 2. The van der Waals surface area contributed by atoms with E-state index in [-0.39, 0.29) is 4.90 Å². The lowest BCUT2D eigenvalue weighted by molar-refractivity contribution is 0.596. The van der Waals surface area contributed by atoms with Crippen LogP contribution in [0.15, 0.2) is 59.5 Å². The summed E-state index contributed by atoms with van der Waals surface area (Å²) in [6.45, 7) is 3.53. The minimum atomic E-state index is -3.67. The Labute approximate surface area is 119 Å². The Hall–Kier alpha value is -2.25. The summed E-state index contributed by atoms with van der Waals surface area (Å²) >= 11 is 0. The van der Waals surface area contributed by atoms with Gasteiger partial charge in [-0.3, -0.25) is 0 Å². The van der Waals surface area contributed by atoms with Crippen molar-refractivity contribution in [3.05, 3.63) is 60.2 Å². The number of hydrogen-bond acceptors (Lipinski definition) is 2. The zero-order chi connectivity index (χ0) is 14.6. The van der Waals surface area contributed by atoms with Crippen molar-refractivity contribution >= 4 is 15.7 Å². The van der Waals surface area contributed by atoms with Gasteiger partial charge in [0.05, 0.1) is 10.6 Å². The standard InChI is InChI=1S/C16H15NO2S/c1-3-13-17(15-7-5-4-6-8-15)20(18,19)16-11-9-14(2)10-12-16/h4-12H,1-2H3. The largest absolute Gasteiger partial charge is 0.275 e. The van der Waals surface area contributed by atoms with Crippen LogP contribution in [0.2, 0.25) is 0 Å². The van der Waals surface area contributed by atoms with Crippen molar-refractivity contribution in [3.8, 4) is 12.0 Å². The van der Waals surface area contributed by atoms with E-state index in [9.17, 15) is 8.42 Å². The van der Waals surface area contributed by atoms with Gasteiger partial charge in [-0.15, -0.1) is 0 Å². The first kappa shape index (κ1) is 14.2. The molecule has 0 aliphatic heterocycles. The van der Waals surface area contributed by atoms with Crippen molar-refractivity contribution in [2.75, 3.05) is 4.31 Å².